The molecule has 13 heavy (non-hydrogen) atoms. The van der Waals surface area contributed by atoms with E-state index in [-0.39, 0.29) is 13.1 Å². The number of aliphatic hydroxyl groups is 2. The van der Waals surface area contributed by atoms with Gasteiger partial charge in [-0.3, -0.25) is 4.55 Å². The first kappa shape index (κ1) is 10.9. The Balaban J connectivity index is 2.59. The summed E-state index contributed by atoms with van der Waals surface area (Å²) in [5, 5.41) is 21.2. The van der Waals surface area contributed by atoms with Crippen LogP contribution in [0.15, 0.2) is 0 Å². The van der Waals surface area contributed by atoms with Crippen molar-refractivity contribution in [1.82, 2.24) is 5.32 Å². The summed E-state index contributed by atoms with van der Waals surface area (Å²) < 4.78 is 29.5. The van der Waals surface area contributed by atoms with Gasteiger partial charge in [-0.2, -0.15) is 8.42 Å². The predicted octanol–water partition coefficient (Wildman–Crippen LogP) is -2.18. The average molecular weight is 211 g/mol. The molecule has 0 radical (unpaired) electrons. The van der Waals surface area contributed by atoms with Gasteiger partial charge in [-0.15, -0.1) is 0 Å². The topological polar surface area (TPSA) is 107 Å². The van der Waals surface area contributed by atoms with Crippen molar-refractivity contribution in [3.8, 4) is 0 Å². The summed E-state index contributed by atoms with van der Waals surface area (Å²) in [6.45, 7) is 0.515. The number of nitrogens with one attached hydrogen (secondary N) is 1. The summed E-state index contributed by atoms with van der Waals surface area (Å²) >= 11 is 0. The van der Waals surface area contributed by atoms with Gasteiger partial charge in [0, 0.05) is 19.0 Å². The Hall–Kier alpha value is -0.210. The fourth-order valence-corrected chi connectivity index (χ4v) is 2.26. The van der Waals surface area contributed by atoms with Crippen LogP contribution < -0.4 is 5.32 Å². The minimum absolute atomic E-state index is 0.239. The first-order chi connectivity index (χ1) is 5.90. The lowest BCUT2D eigenvalue weighted by molar-refractivity contribution is -0.0289. The Kier molecular flexibility index (Phi) is 3.25. The molecule has 6 nitrogen and oxygen atoms in total. The summed E-state index contributed by atoms with van der Waals surface area (Å²) in [5.74, 6) is -1.18. The number of hydrogen-bond donors (Lipinski definition) is 4. The number of piperidine rings is 1. The first-order valence-electron chi connectivity index (χ1n) is 3.92. The number of hydrogen-bond acceptors (Lipinski definition) is 5. The van der Waals surface area contributed by atoms with Crippen LogP contribution in [0.2, 0.25) is 0 Å². The van der Waals surface area contributed by atoms with Crippen LogP contribution in [-0.4, -0.2) is 54.2 Å². The Bertz CT molecular complexity index is 264. The third kappa shape index (κ3) is 3.20. The molecular formula is C6H13NO5S. The van der Waals surface area contributed by atoms with Gasteiger partial charge in [-0.1, -0.05) is 0 Å². The molecule has 0 aromatic heterocycles. The SMILES string of the molecule is O=S(=O)(O)C[C@H]1CNC[C@@H](O)[C@@H]1O. The summed E-state index contributed by atoms with van der Waals surface area (Å²) in [5.41, 5.74) is 0. The highest BCUT2D eigenvalue weighted by molar-refractivity contribution is 7.85. The predicted molar refractivity (Wildman–Crippen MR) is 44.8 cm³/mol. The molecule has 7 heteroatoms. The van der Waals surface area contributed by atoms with Crippen LogP contribution in [0.1, 0.15) is 0 Å². The number of rotatable bonds is 2. The van der Waals surface area contributed by atoms with E-state index in [4.69, 9.17) is 9.66 Å². The summed E-state index contributed by atoms with van der Waals surface area (Å²) in [6, 6.07) is 0. The molecule has 0 aromatic carbocycles. The van der Waals surface area contributed by atoms with Crippen molar-refractivity contribution in [2.75, 3.05) is 18.8 Å². The average Bonchev–Trinajstić information content (AvgIpc) is 1.96. The van der Waals surface area contributed by atoms with Crippen molar-refractivity contribution in [3.63, 3.8) is 0 Å². The van der Waals surface area contributed by atoms with E-state index in [1.807, 2.05) is 0 Å². The van der Waals surface area contributed by atoms with Crippen LogP contribution in [0.4, 0.5) is 0 Å². The molecule has 0 aliphatic carbocycles. The molecule has 4 N–H and O–H groups in total. The first-order valence-corrected chi connectivity index (χ1v) is 5.53. The number of β-amino-alcohol motifs (C(OH)–C–C–N with tert-alkyl or cyclic N) is 1. The van der Waals surface area contributed by atoms with E-state index < -0.39 is 34.0 Å². The zero-order valence-electron chi connectivity index (χ0n) is 6.92. The van der Waals surface area contributed by atoms with Crippen molar-refractivity contribution in [3.05, 3.63) is 0 Å². The zero-order chi connectivity index (χ0) is 10.1. The van der Waals surface area contributed by atoms with E-state index >= 15 is 0 Å². The summed E-state index contributed by atoms with van der Waals surface area (Å²) in [6.07, 6.45) is -2.07. The number of aliphatic hydroxyl groups excluding tert-OH is 2. The molecular weight excluding hydrogens is 198 g/mol. The van der Waals surface area contributed by atoms with Crippen LogP contribution in [0.3, 0.4) is 0 Å². The minimum Gasteiger partial charge on any atom is -0.390 e. The molecule has 0 unspecified atom stereocenters. The Morgan fingerprint density at radius 1 is 1.31 bits per heavy atom. The largest absolute Gasteiger partial charge is 0.390 e. The molecule has 3 atom stereocenters. The van der Waals surface area contributed by atoms with Gasteiger partial charge in [-0.25, -0.2) is 0 Å². The fraction of sp³-hybridized carbons (Fsp3) is 1.00. The highest BCUT2D eigenvalue weighted by atomic mass is 32.2. The van der Waals surface area contributed by atoms with Crippen molar-refractivity contribution < 1.29 is 23.2 Å². The van der Waals surface area contributed by atoms with Gasteiger partial charge in [0.05, 0.1) is 18.0 Å². The maximum Gasteiger partial charge on any atom is 0.265 e. The summed E-state index contributed by atoms with van der Waals surface area (Å²) in [7, 11) is -4.09. The molecule has 1 saturated heterocycles. The third-order valence-electron chi connectivity index (χ3n) is 2.06. The highest BCUT2D eigenvalue weighted by Gasteiger charge is 2.32. The molecule has 0 bridgehead atoms. The standard InChI is InChI=1S/C6H13NO5S/c8-5-2-7-1-4(6(5)9)3-13(10,11)12/h4-9H,1-3H2,(H,10,11,12)/t4-,5-,6-/m1/s1. The van der Waals surface area contributed by atoms with Crippen molar-refractivity contribution in [1.29, 1.82) is 0 Å². The van der Waals surface area contributed by atoms with E-state index in [9.17, 15) is 13.5 Å². The van der Waals surface area contributed by atoms with E-state index in [1.165, 1.54) is 0 Å². The maximum atomic E-state index is 10.5. The Morgan fingerprint density at radius 2 is 1.92 bits per heavy atom. The molecule has 1 aliphatic rings. The molecule has 0 saturated carbocycles. The molecule has 78 valence electrons. The van der Waals surface area contributed by atoms with Gasteiger partial charge in [0.1, 0.15) is 0 Å². The normalized spacial score (nSPS) is 36.1. The van der Waals surface area contributed by atoms with E-state index in [0.717, 1.165) is 0 Å². The third-order valence-corrected chi connectivity index (χ3v) is 2.91. The van der Waals surface area contributed by atoms with Crippen LogP contribution in [0.5, 0.6) is 0 Å². The van der Waals surface area contributed by atoms with Crippen LogP contribution in [0, 0.1) is 5.92 Å². The molecule has 0 aromatic rings. The Labute approximate surface area is 76.3 Å². The van der Waals surface area contributed by atoms with Gasteiger partial charge < -0.3 is 15.5 Å². The summed E-state index contributed by atoms with van der Waals surface area (Å²) in [4.78, 5) is 0. The molecule has 1 rings (SSSR count). The van der Waals surface area contributed by atoms with Gasteiger partial charge >= 0.3 is 0 Å². The quantitative estimate of drug-likeness (QED) is 0.387. The van der Waals surface area contributed by atoms with Crippen molar-refractivity contribution in [2.45, 2.75) is 12.2 Å². The molecule has 1 heterocycles. The lowest BCUT2D eigenvalue weighted by Gasteiger charge is -2.31. The second-order valence-electron chi connectivity index (χ2n) is 3.22. The second kappa shape index (κ2) is 3.89. The van der Waals surface area contributed by atoms with E-state index in [1.54, 1.807) is 0 Å². The molecule has 0 spiro atoms. The van der Waals surface area contributed by atoms with Crippen LogP contribution >= 0.6 is 0 Å². The van der Waals surface area contributed by atoms with Gasteiger partial charge in [0.2, 0.25) is 0 Å². The van der Waals surface area contributed by atoms with E-state index in [2.05, 4.69) is 5.32 Å². The highest BCUT2D eigenvalue weighted by Crippen LogP contribution is 2.13. The Morgan fingerprint density at radius 3 is 2.46 bits per heavy atom. The van der Waals surface area contributed by atoms with Crippen molar-refractivity contribution >= 4 is 10.1 Å². The fourth-order valence-electron chi connectivity index (χ4n) is 1.40. The van der Waals surface area contributed by atoms with Gasteiger partial charge in [0.15, 0.2) is 0 Å². The zero-order valence-corrected chi connectivity index (χ0v) is 7.74. The monoisotopic (exact) mass is 211 g/mol. The maximum absolute atomic E-state index is 10.5. The van der Waals surface area contributed by atoms with Gasteiger partial charge in [-0.05, 0) is 0 Å². The second-order valence-corrected chi connectivity index (χ2v) is 4.72. The lowest BCUT2D eigenvalue weighted by atomic mass is 9.96. The smallest absolute Gasteiger partial charge is 0.265 e. The lowest BCUT2D eigenvalue weighted by Crippen LogP contribution is -2.52. The van der Waals surface area contributed by atoms with Gasteiger partial charge in [0.25, 0.3) is 10.1 Å². The minimum atomic E-state index is -4.09. The van der Waals surface area contributed by atoms with Crippen LogP contribution in [0.25, 0.3) is 0 Å². The van der Waals surface area contributed by atoms with Crippen molar-refractivity contribution in [2.24, 2.45) is 5.92 Å². The molecule has 1 aliphatic heterocycles. The molecule has 0 amide bonds. The van der Waals surface area contributed by atoms with E-state index in [0.29, 0.717) is 0 Å². The molecule has 1 fully saturated rings. The van der Waals surface area contributed by atoms with Crippen LogP contribution in [-0.2, 0) is 10.1 Å².